The van der Waals surface area contributed by atoms with E-state index in [1.165, 1.54) is 103 Å². The molecule has 0 spiro atoms. The Bertz CT molecular complexity index is 1120. The zero-order valence-corrected chi connectivity index (χ0v) is 37.2. The van der Waals surface area contributed by atoms with Crippen LogP contribution >= 0.6 is 7.82 Å². The van der Waals surface area contributed by atoms with Gasteiger partial charge < -0.3 is 20.1 Å². The standard InChI is InChI=1S/C47H84NO8P/c1-3-5-7-9-11-13-15-17-19-21-22-24-26-28-30-32-34-36-38-40-47(50)56-45(44-55-57(51,52)54-42-41-48)43-53-46(49)39-37-35-33-31-29-27-25-23-20-18-16-14-12-10-8-6-4-2/h11,13-14,16-17,19,22,24,28,30,45H,3-10,12,15,18,20-21,23,25-27,29,31-44,48H2,1-2H3,(H,51,52)/b13-11+,16-14+,19-17+,24-22+,30-28+/t45-/m1/s1. The lowest BCUT2D eigenvalue weighted by Crippen LogP contribution is -2.29. The summed E-state index contributed by atoms with van der Waals surface area (Å²) < 4.78 is 32.8. The molecule has 0 aromatic heterocycles. The molecule has 1 unspecified atom stereocenters. The minimum atomic E-state index is -4.39. The number of nitrogens with two attached hydrogens (primary N) is 1. The van der Waals surface area contributed by atoms with Crippen molar-refractivity contribution in [3.8, 4) is 0 Å². The van der Waals surface area contributed by atoms with Crippen molar-refractivity contribution in [1.82, 2.24) is 0 Å². The van der Waals surface area contributed by atoms with Gasteiger partial charge in [0.05, 0.1) is 13.2 Å². The van der Waals surface area contributed by atoms with Crippen LogP contribution in [-0.2, 0) is 32.7 Å². The summed E-state index contributed by atoms with van der Waals surface area (Å²) in [6.45, 7) is 3.65. The summed E-state index contributed by atoms with van der Waals surface area (Å²) in [6, 6.07) is 0. The first kappa shape index (κ1) is 54.7. The van der Waals surface area contributed by atoms with E-state index >= 15 is 0 Å². The predicted octanol–water partition coefficient (Wildman–Crippen LogP) is 13.3. The molecule has 0 aliphatic heterocycles. The van der Waals surface area contributed by atoms with E-state index < -0.39 is 32.5 Å². The minimum absolute atomic E-state index is 0.0454. The molecule has 0 fully saturated rings. The van der Waals surface area contributed by atoms with E-state index in [1.807, 2.05) is 0 Å². The van der Waals surface area contributed by atoms with Crippen LogP contribution in [0, 0.1) is 0 Å². The lowest BCUT2D eigenvalue weighted by atomic mass is 10.1. The third kappa shape index (κ3) is 43.1. The Morgan fingerprint density at radius 1 is 0.526 bits per heavy atom. The molecule has 0 aliphatic carbocycles. The molecule has 0 heterocycles. The maximum absolute atomic E-state index is 12.6. The molecule has 3 N–H and O–H groups in total. The minimum Gasteiger partial charge on any atom is -0.462 e. The van der Waals surface area contributed by atoms with Gasteiger partial charge in [-0.2, -0.15) is 0 Å². The van der Waals surface area contributed by atoms with Gasteiger partial charge in [0.1, 0.15) is 6.61 Å². The fourth-order valence-electron chi connectivity index (χ4n) is 5.96. The Hall–Kier alpha value is -2.29. The number of carbonyl (C=O) groups is 2. The van der Waals surface area contributed by atoms with E-state index in [1.54, 1.807) is 0 Å². The van der Waals surface area contributed by atoms with E-state index in [0.29, 0.717) is 6.42 Å². The maximum atomic E-state index is 12.6. The van der Waals surface area contributed by atoms with Crippen LogP contribution < -0.4 is 5.73 Å². The molecule has 0 rings (SSSR count). The normalized spacial score (nSPS) is 13.8. The van der Waals surface area contributed by atoms with Crippen LogP contribution in [0.25, 0.3) is 0 Å². The maximum Gasteiger partial charge on any atom is 0.472 e. The fraction of sp³-hybridized carbons (Fsp3) is 0.745. The Morgan fingerprint density at radius 2 is 0.912 bits per heavy atom. The monoisotopic (exact) mass is 822 g/mol. The largest absolute Gasteiger partial charge is 0.472 e. The molecule has 10 heteroatoms. The topological polar surface area (TPSA) is 134 Å². The summed E-state index contributed by atoms with van der Waals surface area (Å²) in [7, 11) is -4.39. The van der Waals surface area contributed by atoms with Crippen molar-refractivity contribution >= 4 is 19.8 Å². The van der Waals surface area contributed by atoms with Crippen molar-refractivity contribution in [3.63, 3.8) is 0 Å². The molecular weight excluding hydrogens is 737 g/mol. The molecule has 0 aromatic carbocycles. The molecule has 0 bridgehead atoms. The van der Waals surface area contributed by atoms with Crippen LogP contribution in [0.3, 0.4) is 0 Å². The number of phosphoric acid groups is 1. The van der Waals surface area contributed by atoms with Crippen LogP contribution in [0.4, 0.5) is 0 Å². The quantitative estimate of drug-likeness (QED) is 0.0267. The molecule has 0 aromatic rings. The van der Waals surface area contributed by atoms with Crippen molar-refractivity contribution in [3.05, 3.63) is 60.8 Å². The van der Waals surface area contributed by atoms with E-state index in [0.717, 1.165) is 57.8 Å². The molecule has 9 nitrogen and oxygen atoms in total. The Morgan fingerprint density at radius 3 is 1.42 bits per heavy atom. The Labute approximate surface area is 349 Å². The number of esters is 2. The zero-order valence-electron chi connectivity index (χ0n) is 36.3. The highest BCUT2D eigenvalue weighted by Crippen LogP contribution is 2.43. The van der Waals surface area contributed by atoms with Gasteiger partial charge in [-0.3, -0.25) is 18.6 Å². The SMILES string of the molecule is CCCCC/C=C/C/C=C/C/C=C/C/C=C/CCCCCC(=O)O[C@H](COC(=O)CCCCCCCCCCC/C=C/CCCCCC)COP(=O)(O)OCCN. The van der Waals surface area contributed by atoms with Crippen LogP contribution in [0.15, 0.2) is 60.8 Å². The number of carbonyl (C=O) groups excluding carboxylic acids is 2. The highest BCUT2D eigenvalue weighted by Gasteiger charge is 2.26. The van der Waals surface area contributed by atoms with Gasteiger partial charge in [-0.1, -0.05) is 158 Å². The second-order valence-corrected chi connectivity index (χ2v) is 16.4. The molecule has 330 valence electrons. The summed E-state index contributed by atoms with van der Waals surface area (Å²) >= 11 is 0. The van der Waals surface area contributed by atoms with E-state index in [2.05, 4.69) is 74.6 Å². The summed E-state index contributed by atoms with van der Waals surface area (Å²) in [5.74, 6) is -0.868. The van der Waals surface area contributed by atoms with Crippen LogP contribution in [0.5, 0.6) is 0 Å². The van der Waals surface area contributed by atoms with Crippen LogP contribution in [0.2, 0.25) is 0 Å². The number of hydrogen-bond acceptors (Lipinski definition) is 8. The second kappa shape index (κ2) is 43.3. The molecule has 0 aliphatic rings. The van der Waals surface area contributed by atoms with Gasteiger partial charge in [-0.25, -0.2) is 4.57 Å². The van der Waals surface area contributed by atoms with Crippen molar-refractivity contribution in [2.75, 3.05) is 26.4 Å². The summed E-state index contributed by atoms with van der Waals surface area (Å²) in [5.41, 5.74) is 5.35. The van der Waals surface area contributed by atoms with Crippen LogP contribution in [-0.4, -0.2) is 49.3 Å². The van der Waals surface area contributed by atoms with E-state index in [-0.39, 0.29) is 32.6 Å². The zero-order chi connectivity index (χ0) is 41.8. The van der Waals surface area contributed by atoms with Crippen LogP contribution in [0.1, 0.15) is 194 Å². The molecule has 2 atom stereocenters. The first-order valence-corrected chi connectivity index (χ1v) is 24.3. The number of phosphoric ester groups is 1. The van der Waals surface area contributed by atoms with Crippen molar-refractivity contribution in [2.45, 2.75) is 200 Å². The molecule has 0 saturated heterocycles. The lowest BCUT2D eigenvalue weighted by Gasteiger charge is -2.19. The van der Waals surface area contributed by atoms with Gasteiger partial charge in [-0.05, 0) is 83.5 Å². The number of unbranched alkanes of at least 4 members (excludes halogenated alkanes) is 19. The summed E-state index contributed by atoms with van der Waals surface area (Å²) in [4.78, 5) is 34.9. The highest BCUT2D eigenvalue weighted by atomic mass is 31.2. The van der Waals surface area contributed by atoms with Gasteiger partial charge in [0.2, 0.25) is 0 Å². The average Bonchev–Trinajstić information content (AvgIpc) is 3.20. The Balaban J connectivity index is 4.20. The molecule has 0 amide bonds. The molecule has 0 radical (unpaired) electrons. The number of hydrogen-bond donors (Lipinski definition) is 2. The predicted molar refractivity (Wildman–Crippen MR) is 238 cm³/mol. The van der Waals surface area contributed by atoms with E-state index in [9.17, 15) is 19.0 Å². The smallest absolute Gasteiger partial charge is 0.462 e. The van der Waals surface area contributed by atoms with Gasteiger partial charge in [-0.15, -0.1) is 0 Å². The highest BCUT2D eigenvalue weighted by molar-refractivity contribution is 7.47. The summed E-state index contributed by atoms with van der Waals surface area (Å²) in [6.07, 6.45) is 51.0. The third-order valence-corrected chi connectivity index (χ3v) is 10.4. The third-order valence-electron chi connectivity index (χ3n) is 9.38. The average molecular weight is 822 g/mol. The summed E-state index contributed by atoms with van der Waals surface area (Å²) in [5, 5.41) is 0. The number of allylic oxidation sites excluding steroid dienone is 10. The number of rotatable bonds is 42. The van der Waals surface area contributed by atoms with Crippen molar-refractivity contribution < 1.29 is 37.6 Å². The van der Waals surface area contributed by atoms with Gasteiger partial charge in [0, 0.05) is 19.4 Å². The van der Waals surface area contributed by atoms with Crippen molar-refractivity contribution in [1.29, 1.82) is 0 Å². The van der Waals surface area contributed by atoms with Gasteiger partial charge >= 0.3 is 19.8 Å². The first-order valence-electron chi connectivity index (χ1n) is 22.8. The second-order valence-electron chi connectivity index (χ2n) is 14.9. The molecule has 0 saturated carbocycles. The van der Waals surface area contributed by atoms with Crippen molar-refractivity contribution in [2.24, 2.45) is 5.73 Å². The van der Waals surface area contributed by atoms with E-state index in [4.69, 9.17) is 24.3 Å². The number of ether oxygens (including phenoxy) is 2. The fourth-order valence-corrected chi connectivity index (χ4v) is 6.73. The van der Waals surface area contributed by atoms with Gasteiger partial charge in [0.25, 0.3) is 0 Å². The first-order chi connectivity index (χ1) is 27.8. The lowest BCUT2D eigenvalue weighted by molar-refractivity contribution is -0.161. The Kier molecular flexibility index (Phi) is 41.6. The molecular formula is C47H84NO8P. The molecule has 57 heavy (non-hydrogen) atoms. The van der Waals surface area contributed by atoms with Gasteiger partial charge in [0.15, 0.2) is 6.10 Å².